The lowest BCUT2D eigenvalue weighted by atomic mass is 9.95. The van der Waals surface area contributed by atoms with Gasteiger partial charge in [0.1, 0.15) is 11.6 Å². The van der Waals surface area contributed by atoms with Gasteiger partial charge >= 0.3 is 0 Å². The molecule has 0 bridgehead atoms. The lowest BCUT2D eigenvalue weighted by molar-refractivity contribution is -0.139. The summed E-state index contributed by atoms with van der Waals surface area (Å²) in [4.78, 5) is 18.7. The number of hydrogen-bond donors (Lipinski definition) is 1. The number of piperidine rings is 1. The maximum Gasteiger partial charge on any atom is 0.228 e. The highest BCUT2D eigenvalue weighted by atomic mass is 16.2. The zero-order chi connectivity index (χ0) is 14.1. The third kappa shape index (κ3) is 2.70. The number of carbonyl (C=O) groups is 1. The molecule has 3 rings (SSSR count). The van der Waals surface area contributed by atoms with Gasteiger partial charge in [0.15, 0.2) is 0 Å². The zero-order valence-electron chi connectivity index (χ0n) is 12.3. The third-order valence-corrected chi connectivity index (χ3v) is 4.36. The Hall–Kier alpha value is -1.43. The monoisotopic (exact) mass is 277 g/mol. The molecule has 1 aromatic heterocycles. The fraction of sp³-hybridized carbons (Fsp3) is 0.786. The quantitative estimate of drug-likeness (QED) is 0.866. The molecule has 0 spiro atoms. The Labute approximate surface area is 119 Å². The lowest BCUT2D eigenvalue weighted by Gasteiger charge is -2.37. The number of nitrogens with one attached hydrogen (secondary N) is 1. The molecule has 6 nitrogen and oxygen atoms in total. The smallest absolute Gasteiger partial charge is 0.228 e. The van der Waals surface area contributed by atoms with Gasteiger partial charge < -0.3 is 10.2 Å². The van der Waals surface area contributed by atoms with Crippen molar-refractivity contribution in [3.63, 3.8) is 0 Å². The number of nitrogens with zero attached hydrogens (tertiary/aromatic N) is 4. The van der Waals surface area contributed by atoms with Crippen LogP contribution in [0.4, 0.5) is 0 Å². The van der Waals surface area contributed by atoms with Crippen LogP contribution in [0.15, 0.2) is 0 Å². The van der Waals surface area contributed by atoms with E-state index < -0.39 is 0 Å². The molecule has 0 saturated carbocycles. The van der Waals surface area contributed by atoms with E-state index >= 15 is 0 Å². The summed E-state index contributed by atoms with van der Waals surface area (Å²) in [5.41, 5.74) is 0. The van der Waals surface area contributed by atoms with E-state index in [0.29, 0.717) is 11.8 Å². The Morgan fingerprint density at radius 1 is 1.40 bits per heavy atom. The van der Waals surface area contributed by atoms with Gasteiger partial charge in [-0.05, 0) is 32.6 Å². The molecule has 1 aromatic rings. The summed E-state index contributed by atoms with van der Waals surface area (Å²) in [7, 11) is 0. The fourth-order valence-corrected chi connectivity index (χ4v) is 3.11. The molecule has 2 fully saturated rings. The number of carbonyl (C=O) groups excluding carboxylic acids is 1. The molecule has 1 unspecified atom stereocenters. The van der Waals surface area contributed by atoms with Crippen molar-refractivity contribution in [3.8, 4) is 0 Å². The maximum absolute atomic E-state index is 12.3. The first kappa shape index (κ1) is 13.5. The van der Waals surface area contributed by atoms with Gasteiger partial charge in [0.25, 0.3) is 0 Å². The SMILES string of the molecule is Cc1nc(C)n(CC2CCCN(C(=O)C3CNC3)C2)n1. The van der Waals surface area contributed by atoms with Crippen LogP contribution in [0, 0.1) is 25.7 Å². The van der Waals surface area contributed by atoms with Crippen molar-refractivity contribution in [2.45, 2.75) is 33.2 Å². The minimum Gasteiger partial charge on any atom is -0.342 e. The summed E-state index contributed by atoms with van der Waals surface area (Å²) in [6.45, 7) is 8.27. The summed E-state index contributed by atoms with van der Waals surface area (Å²) in [6.07, 6.45) is 2.27. The van der Waals surface area contributed by atoms with Gasteiger partial charge in [0.2, 0.25) is 5.91 Å². The predicted octanol–water partition coefficient (Wildman–Crippen LogP) is 0.353. The van der Waals surface area contributed by atoms with Crippen molar-refractivity contribution >= 4 is 5.91 Å². The Morgan fingerprint density at radius 3 is 2.80 bits per heavy atom. The lowest BCUT2D eigenvalue weighted by Crippen LogP contribution is -2.54. The van der Waals surface area contributed by atoms with Crippen LogP contribution in [-0.2, 0) is 11.3 Å². The first-order chi connectivity index (χ1) is 9.63. The van der Waals surface area contributed by atoms with Crippen molar-refractivity contribution in [1.29, 1.82) is 0 Å². The van der Waals surface area contributed by atoms with Gasteiger partial charge in [-0.3, -0.25) is 4.79 Å². The number of aryl methyl sites for hydroxylation is 2. The molecule has 2 aliphatic rings. The van der Waals surface area contributed by atoms with Crippen LogP contribution in [0.2, 0.25) is 0 Å². The van der Waals surface area contributed by atoms with Crippen LogP contribution in [0.1, 0.15) is 24.5 Å². The topological polar surface area (TPSA) is 63.1 Å². The molecule has 1 amide bonds. The van der Waals surface area contributed by atoms with E-state index in [4.69, 9.17) is 0 Å². The average Bonchev–Trinajstić information content (AvgIpc) is 2.66. The van der Waals surface area contributed by atoms with E-state index in [2.05, 4.69) is 20.3 Å². The predicted molar refractivity (Wildman–Crippen MR) is 75.2 cm³/mol. The van der Waals surface area contributed by atoms with E-state index in [9.17, 15) is 4.79 Å². The molecular weight excluding hydrogens is 254 g/mol. The Morgan fingerprint density at radius 2 is 2.20 bits per heavy atom. The first-order valence-corrected chi connectivity index (χ1v) is 7.51. The minimum atomic E-state index is 0.212. The standard InChI is InChI=1S/C14H23N5O/c1-10-16-11(2)19(17-10)9-12-4-3-5-18(8-12)14(20)13-6-15-7-13/h12-13,15H,3-9H2,1-2H3. The molecule has 0 aliphatic carbocycles. The number of likely N-dealkylation sites (tertiary alicyclic amines) is 1. The molecule has 1 atom stereocenters. The van der Waals surface area contributed by atoms with Crippen LogP contribution in [0.5, 0.6) is 0 Å². The normalized spacial score (nSPS) is 23.7. The molecule has 20 heavy (non-hydrogen) atoms. The largest absolute Gasteiger partial charge is 0.342 e. The van der Waals surface area contributed by atoms with E-state index in [1.807, 2.05) is 18.5 Å². The third-order valence-electron chi connectivity index (χ3n) is 4.36. The number of rotatable bonds is 3. The highest BCUT2D eigenvalue weighted by Crippen LogP contribution is 2.21. The van der Waals surface area contributed by atoms with Gasteiger partial charge in [0.05, 0.1) is 5.92 Å². The second kappa shape index (κ2) is 5.52. The molecule has 110 valence electrons. The molecule has 0 radical (unpaired) electrons. The first-order valence-electron chi connectivity index (χ1n) is 7.51. The summed E-state index contributed by atoms with van der Waals surface area (Å²) in [6, 6.07) is 0. The number of amides is 1. The zero-order valence-corrected chi connectivity index (χ0v) is 12.3. The average molecular weight is 277 g/mol. The van der Waals surface area contributed by atoms with Gasteiger partial charge in [-0.25, -0.2) is 9.67 Å². The molecule has 6 heteroatoms. The van der Waals surface area contributed by atoms with E-state index in [1.165, 1.54) is 6.42 Å². The van der Waals surface area contributed by atoms with E-state index in [-0.39, 0.29) is 5.92 Å². The molecule has 1 N–H and O–H groups in total. The minimum absolute atomic E-state index is 0.212. The molecular formula is C14H23N5O. The van der Waals surface area contributed by atoms with Crippen molar-refractivity contribution in [3.05, 3.63) is 11.6 Å². The Kier molecular flexibility index (Phi) is 3.74. The van der Waals surface area contributed by atoms with Crippen molar-refractivity contribution < 1.29 is 4.79 Å². The number of aromatic nitrogens is 3. The highest BCUT2D eigenvalue weighted by molar-refractivity contribution is 5.80. The second-order valence-electron chi connectivity index (χ2n) is 6.04. The molecule has 2 aliphatic heterocycles. The molecule has 2 saturated heterocycles. The summed E-state index contributed by atoms with van der Waals surface area (Å²) in [5, 5.41) is 7.60. The summed E-state index contributed by atoms with van der Waals surface area (Å²) in [5.74, 6) is 2.84. The molecule has 0 aromatic carbocycles. The van der Waals surface area contributed by atoms with Crippen LogP contribution in [-0.4, -0.2) is 51.8 Å². The Balaban J connectivity index is 1.60. The highest BCUT2D eigenvalue weighted by Gasteiger charge is 2.32. The van der Waals surface area contributed by atoms with Gasteiger partial charge in [-0.15, -0.1) is 0 Å². The van der Waals surface area contributed by atoms with Gasteiger partial charge in [0, 0.05) is 32.7 Å². The van der Waals surface area contributed by atoms with Crippen LogP contribution in [0.3, 0.4) is 0 Å². The van der Waals surface area contributed by atoms with E-state index in [0.717, 1.165) is 50.8 Å². The van der Waals surface area contributed by atoms with Crippen molar-refractivity contribution in [2.24, 2.45) is 11.8 Å². The van der Waals surface area contributed by atoms with Crippen molar-refractivity contribution in [1.82, 2.24) is 25.0 Å². The van der Waals surface area contributed by atoms with Crippen LogP contribution in [0.25, 0.3) is 0 Å². The van der Waals surface area contributed by atoms with Crippen molar-refractivity contribution in [2.75, 3.05) is 26.2 Å². The maximum atomic E-state index is 12.3. The second-order valence-corrected chi connectivity index (χ2v) is 6.04. The summed E-state index contributed by atoms with van der Waals surface area (Å²) >= 11 is 0. The van der Waals surface area contributed by atoms with Crippen LogP contribution < -0.4 is 5.32 Å². The summed E-state index contributed by atoms with van der Waals surface area (Å²) < 4.78 is 1.98. The fourth-order valence-electron chi connectivity index (χ4n) is 3.11. The number of hydrogen-bond acceptors (Lipinski definition) is 4. The van der Waals surface area contributed by atoms with Gasteiger partial charge in [-0.2, -0.15) is 5.10 Å². The van der Waals surface area contributed by atoms with E-state index in [1.54, 1.807) is 0 Å². The van der Waals surface area contributed by atoms with Gasteiger partial charge in [-0.1, -0.05) is 0 Å². The molecule has 3 heterocycles. The van der Waals surface area contributed by atoms with Crippen LogP contribution >= 0.6 is 0 Å². The Bertz CT molecular complexity index is 494.